The average molecular weight is 258 g/mol. The number of thiocarbonyl (C=S) groups is 1. The van der Waals surface area contributed by atoms with Gasteiger partial charge in [0.25, 0.3) is 0 Å². The van der Waals surface area contributed by atoms with E-state index in [2.05, 4.69) is 28.1 Å². The van der Waals surface area contributed by atoms with Crippen LogP contribution in [0.15, 0.2) is 28.7 Å². The van der Waals surface area contributed by atoms with Gasteiger partial charge >= 0.3 is 0 Å². The van der Waals surface area contributed by atoms with Gasteiger partial charge in [-0.05, 0) is 37.0 Å². The molecule has 0 unspecified atom stereocenters. The van der Waals surface area contributed by atoms with Gasteiger partial charge in [-0.3, -0.25) is 0 Å². The molecule has 0 fully saturated rings. The Kier molecular flexibility index (Phi) is 4.39. The third-order valence-electron chi connectivity index (χ3n) is 1.78. The van der Waals surface area contributed by atoms with E-state index in [4.69, 9.17) is 18.0 Å². The zero-order chi connectivity index (χ0) is 9.68. The van der Waals surface area contributed by atoms with Gasteiger partial charge in [0, 0.05) is 4.47 Å². The second-order valence-electron chi connectivity index (χ2n) is 2.95. The molecule has 0 aliphatic heterocycles. The fraction of sp³-hybridized carbons (Fsp3) is 0.300. The minimum Gasteiger partial charge on any atom is -0.393 e. The van der Waals surface area contributed by atoms with Crippen molar-refractivity contribution >= 4 is 33.1 Å². The molecule has 0 saturated carbocycles. The largest absolute Gasteiger partial charge is 0.393 e. The Morgan fingerprint density at radius 3 is 2.85 bits per heavy atom. The first-order chi connectivity index (χ1) is 6.18. The molecule has 0 aliphatic carbocycles. The maximum absolute atomic E-state index is 5.41. The highest BCUT2D eigenvalue weighted by Gasteiger charge is 1.95. The van der Waals surface area contributed by atoms with Crippen LogP contribution in [0.5, 0.6) is 0 Å². The fourth-order valence-corrected chi connectivity index (χ4v) is 1.75. The normalized spacial score (nSPS) is 9.92. The molecule has 1 aromatic carbocycles. The number of benzene rings is 1. The van der Waals surface area contributed by atoms with Crippen molar-refractivity contribution in [3.63, 3.8) is 0 Å². The van der Waals surface area contributed by atoms with Crippen LogP contribution in [0, 0.1) is 0 Å². The van der Waals surface area contributed by atoms with Crippen LogP contribution in [-0.2, 0) is 6.42 Å². The molecule has 0 heterocycles. The molecule has 2 N–H and O–H groups in total. The Morgan fingerprint density at radius 1 is 1.46 bits per heavy atom. The summed E-state index contributed by atoms with van der Waals surface area (Å²) in [7, 11) is 0. The summed E-state index contributed by atoms with van der Waals surface area (Å²) in [6, 6.07) is 8.31. The molecule has 0 bridgehead atoms. The molecule has 1 rings (SSSR count). The summed E-state index contributed by atoms with van der Waals surface area (Å²) in [6.45, 7) is 0. The van der Waals surface area contributed by atoms with E-state index in [1.807, 2.05) is 12.1 Å². The van der Waals surface area contributed by atoms with E-state index in [9.17, 15) is 0 Å². The van der Waals surface area contributed by atoms with Crippen molar-refractivity contribution in [2.24, 2.45) is 5.73 Å². The van der Waals surface area contributed by atoms with E-state index < -0.39 is 0 Å². The first kappa shape index (κ1) is 10.7. The molecule has 0 aromatic heterocycles. The van der Waals surface area contributed by atoms with E-state index in [1.54, 1.807) is 0 Å². The highest BCUT2D eigenvalue weighted by atomic mass is 79.9. The lowest BCUT2D eigenvalue weighted by molar-refractivity contribution is 0.867. The van der Waals surface area contributed by atoms with Gasteiger partial charge in [-0.25, -0.2) is 0 Å². The van der Waals surface area contributed by atoms with Crippen molar-refractivity contribution in [3.8, 4) is 0 Å². The minimum absolute atomic E-state index is 0.606. The average Bonchev–Trinajstić information content (AvgIpc) is 2.03. The highest BCUT2D eigenvalue weighted by Crippen LogP contribution is 2.13. The van der Waals surface area contributed by atoms with Crippen molar-refractivity contribution < 1.29 is 0 Å². The van der Waals surface area contributed by atoms with Crippen molar-refractivity contribution in [1.29, 1.82) is 0 Å². The Balaban J connectivity index is 2.41. The van der Waals surface area contributed by atoms with Gasteiger partial charge < -0.3 is 5.73 Å². The van der Waals surface area contributed by atoms with Gasteiger partial charge in [-0.2, -0.15) is 0 Å². The monoisotopic (exact) mass is 257 g/mol. The summed E-state index contributed by atoms with van der Waals surface area (Å²) in [5.41, 5.74) is 6.73. The van der Waals surface area contributed by atoms with Crippen molar-refractivity contribution in [2.45, 2.75) is 19.3 Å². The van der Waals surface area contributed by atoms with Gasteiger partial charge in [-0.1, -0.05) is 40.3 Å². The second kappa shape index (κ2) is 5.35. The summed E-state index contributed by atoms with van der Waals surface area (Å²) in [5.74, 6) is 0. The zero-order valence-electron chi connectivity index (χ0n) is 7.29. The predicted molar refractivity (Wildman–Crippen MR) is 63.9 cm³/mol. The summed E-state index contributed by atoms with van der Waals surface area (Å²) in [5, 5.41) is 0. The number of hydrogen-bond acceptors (Lipinski definition) is 1. The standard InChI is InChI=1S/C10H12BrNS/c11-9-5-1-3-8(7-9)4-2-6-10(12)13/h1,3,5,7H,2,4,6H2,(H2,12,13). The van der Waals surface area contributed by atoms with Crippen molar-refractivity contribution in [3.05, 3.63) is 34.3 Å². The number of aryl methyl sites for hydroxylation is 1. The molecular formula is C10H12BrNS. The predicted octanol–water partition coefficient (Wildman–Crippen LogP) is 3.06. The Bertz CT molecular complexity index is 299. The molecule has 1 nitrogen and oxygen atoms in total. The summed E-state index contributed by atoms with van der Waals surface area (Å²) in [4.78, 5) is 0.606. The lowest BCUT2D eigenvalue weighted by Crippen LogP contribution is -2.07. The molecule has 0 radical (unpaired) electrons. The van der Waals surface area contributed by atoms with Gasteiger partial charge in [0.1, 0.15) is 0 Å². The van der Waals surface area contributed by atoms with Gasteiger partial charge in [0.05, 0.1) is 4.99 Å². The van der Waals surface area contributed by atoms with Crippen molar-refractivity contribution in [1.82, 2.24) is 0 Å². The topological polar surface area (TPSA) is 26.0 Å². The first-order valence-corrected chi connectivity index (χ1v) is 5.41. The summed E-state index contributed by atoms with van der Waals surface area (Å²) < 4.78 is 1.13. The zero-order valence-corrected chi connectivity index (χ0v) is 9.70. The van der Waals surface area contributed by atoms with Crippen LogP contribution in [0.2, 0.25) is 0 Å². The van der Waals surface area contributed by atoms with E-state index in [-0.39, 0.29) is 0 Å². The Labute approximate surface area is 92.5 Å². The van der Waals surface area contributed by atoms with E-state index in [1.165, 1.54) is 5.56 Å². The molecule has 0 spiro atoms. The molecule has 70 valence electrons. The number of nitrogens with two attached hydrogens (primary N) is 1. The van der Waals surface area contributed by atoms with Gasteiger partial charge in [0.2, 0.25) is 0 Å². The lowest BCUT2D eigenvalue weighted by Gasteiger charge is -2.00. The number of halogens is 1. The maximum atomic E-state index is 5.41. The molecule has 0 amide bonds. The smallest absolute Gasteiger partial charge is 0.0727 e. The third-order valence-corrected chi connectivity index (χ3v) is 2.48. The molecule has 13 heavy (non-hydrogen) atoms. The lowest BCUT2D eigenvalue weighted by atomic mass is 10.1. The van der Waals surface area contributed by atoms with Crippen LogP contribution in [0.3, 0.4) is 0 Å². The van der Waals surface area contributed by atoms with Crippen LogP contribution in [0.4, 0.5) is 0 Å². The fourth-order valence-electron chi connectivity index (χ4n) is 1.16. The molecular weight excluding hydrogens is 246 g/mol. The molecule has 3 heteroatoms. The molecule has 0 saturated heterocycles. The van der Waals surface area contributed by atoms with E-state index in [0.29, 0.717) is 4.99 Å². The Hall–Kier alpha value is -0.410. The third kappa shape index (κ3) is 4.39. The highest BCUT2D eigenvalue weighted by molar-refractivity contribution is 9.10. The van der Waals surface area contributed by atoms with Crippen molar-refractivity contribution in [2.75, 3.05) is 0 Å². The molecule has 1 aromatic rings. The van der Waals surface area contributed by atoms with Crippen LogP contribution in [-0.4, -0.2) is 4.99 Å². The van der Waals surface area contributed by atoms with Crippen LogP contribution in [0.25, 0.3) is 0 Å². The Morgan fingerprint density at radius 2 is 2.23 bits per heavy atom. The minimum atomic E-state index is 0.606. The van der Waals surface area contributed by atoms with E-state index in [0.717, 1.165) is 23.7 Å². The van der Waals surface area contributed by atoms with Crippen LogP contribution >= 0.6 is 28.1 Å². The maximum Gasteiger partial charge on any atom is 0.0727 e. The molecule has 0 aliphatic rings. The number of rotatable bonds is 4. The van der Waals surface area contributed by atoms with Crippen LogP contribution < -0.4 is 5.73 Å². The summed E-state index contributed by atoms with van der Waals surface area (Å²) in [6.07, 6.45) is 2.91. The second-order valence-corrected chi connectivity index (χ2v) is 4.39. The molecule has 0 atom stereocenters. The van der Waals surface area contributed by atoms with Crippen LogP contribution in [0.1, 0.15) is 18.4 Å². The quantitative estimate of drug-likeness (QED) is 0.840. The summed E-state index contributed by atoms with van der Waals surface area (Å²) >= 11 is 8.24. The SMILES string of the molecule is NC(=S)CCCc1cccc(Br)c1. The van der Waals surface area contributed by atoms with E-state index >= 15 is 0 Å². The van der Waals surface area contributed by atoms with Gasteiger partial charge in [-0.15, -0.1) is 0 Å². The first-order valence-electron chi connectivity index (χ1n) is 4.21. The number of hydrogen-bond donors (Lipinski definition) is 1. The van der Waals surface area contributed by atoms with Gasteiger partial charge in [0.15, 0.2) is 0 Å².